The minimum Gasteiger partial charge on any atom is -0.380 e. The van der Waals surface area contributed by atoms with Gasteiger partial charge in [-0.15, -0.1) is 0 Å². The molecule has 0 saturated carbocycles. The molecule has 0 aliphatic carbocycles. The van der Waals surface area contributed by atoms with Gasteiger partial charge >= 0.3 is 5.51 Å². The van der Waals surface area contributed by atoms with Crippen LogP contribution in [0.5, 0.6) is 0 Å². The van der Waals surface area contributed by atoms with Gasteiger partial charge in [-0.3, -0.25) is 0 Å². The fraction of sp³-hybridized carbons (Fsp3) is 0.143. The summed E-state index contributed by atoms with van der Waals surface area (Å²) in [5.41, 5.74) is -4.16. The van der Waals surface area contributed by atoms with Gasteiger partial charge in [-0.25, -0.2) is 8.78 Å². The van der Waals surface area contributed by atoms with E-state index >= 15 is 0 Å². The number of para-hydroxylation sites is 1. The maximum atomic E-state index is 13.5. The quantitative estimate of drug-likeness (QED) is 0.615. The van der Waals surface area contributed by atoms with E-state index in [1.165, 1.54) is 30.3 Å². The molecular formula is C14H10F5NS. The number of hydrogen-bond acceptors (Lipinski definition) is 2. The average molecular weight is 319 g/mol. The van der Waals surface area contributed by atoms with E-state index in [9.17, 15) is 22.0 Å². The van der Waals surface area contributed by atoms with Crippen LogP contribution in [0.4, 0.5) is 27.6 Å². The Bertz CT molecular complexity index is 627. The average Bonchev–Trinajstić information content (AvgIpc) is 2.40. The van der Waals surface area contributed by atoms with E-state index in [1.807, 2.05) is 0 Å². The largest absolute Gasteiger partial charge is 0.446 e. The second-order valence-corrected chi connectivity index (χ2v) is 5.22. The minimum atomic E-state index is -4.41. The van der Waals surface area contributed by atoms with Crippen LogP contribution in [0.25, 0.3) is 0 Å². The topological polar surface area (TPSA) is 12.0 Å². The van der Waals surface area contributed by atoms with Crippen LogP contribution < -0.4 is 5.32 Å². The predicted molar refractivity (Wildman–Crippen MR) is 72.0 cm³/mol. The highest BCUT2D eigenvalue weighted by atomic mass is 32.2. The molecule has 2 rings (SSSR count). The van der Waals surface area contributed by atoms with Crippen molar-refractivity contribution in [3.05, 3.63) is 59.7 Å². The standard InChI is InChI=1S/C14H10F5NS/c15-10-5-3-4-9(13(10)16)8-20-11-6-1-2-7-12(11)21-14(17,18)19/h1-7,20H,8H2. The van der Waals surface area contributed by atoms with E-state index in [2.05, 4.69) is 5.32 Å². The number of halogens is 5. The zero-order valence-electron chi connectivity index (χ0n) is 10.5. The van der Waals surface area contributed by atoms with Crippen molar-refractivity contribution in [1.29, 1.82) is 0 Å². The summed E-state index contributed by atoms with van der Waals surface area (Å²) in [6.07, 6.45) is 0. The summed E-state index contributed by atoms with van der Waals surface area (Å²) in [7, 11) is 0. The Kier molecular flexibility index (Phi) is 4.72. The molecule has 112 valence electrons. The SMILES string of the molecule is Fc1cccc(CNc2ccccc2SC(F)(F)F)c1F. The zero-order valence-corrected chi connectivity index (χ0v) is 11.4. The number of benzene rings is 2. The van der Waals surface area contributed by atoms with Crippen LogP contribution in [0.15, 0.2) is 47.4 Å². The highest BCUT2D eigenvalue weighted by molar-refractivity contribution is 8.00. The van der Waals surface area contributed by atoms with Gasteiger partial charge < -0.3 is 5.32 Å². The second-order valence-electron chi connectivity index (χ2n) is 4.11. The van der Waals surface area contributed by atoms with E-state index in [0.717, 1.165) is 6.07 Å². The van der Waals surface area contributed by atoms with Crippen LogP contribution in [0.2, 0.25) is 0 Å². The first kappa shape index (κ1) is 15.6. The molecule has 0 fully saturated rings. The van der Waals surface area contributed by atoms with Crippen LogP contribution >= 0.6 is 11.8 Å². The lowest BCUT2D eigenvalue weighted by molar-refractivity contribution is -0.0327. The Hall–Kier alpha value is -1.76. The Balaban J connectivity index is 2.15. The normalized spacial score (nSPS) is 11.5. The van der Waals surface area contributed by atoms with Crippen molar-refractivity contribution in [2.75, 3.05) is 5.32 Å². The zero-order chi connectivity index (χ0) is 15.5. The summed E-state index contributed by atoms with van der Waals surface area (Å²) in [5, 5.41) is 2.69. The van der Waals surface area contributed by atoms with E-state index in [1.54, 1.807) is 6.07 Å². The number of rotatable bonds is 4. The second kappa shape index (κ2) is 6.34. The summed E-state index contributed by atoms with van der Waals surface area (Å²) in [6.45, 7) is -0.112. The lowest BCUT2D eigenvalue weighted by Gasteiger charge is -2.13. The van der Waals surface area contributed by atoms with Gasteiger partial charge in [0.05, 0.1) is 0 Å². The molecule has 1 N–H and O–H groups in total. The van der Waals surface area contributed by atoms with E-state index in [-0.39, 0.29) is 34.5 Å². The number of nitrogens with one attached hydrogen (secondary N) is 1. The van der Waals surface area contributed by atoms with E-state index in [4.69, 9.17) is 0 Å². The van der Waals surface area contributed by atoms with Crippen LogP contribution in [-0.2, 0) is 6.54 Å². The molecule has 0 aliphatic rings. The summed E-state index contributed by atoms with van der Waals surface area (Å²) in [6, 6.07) is 9.48. The van der Waals surface area contributed by atoms with Crippen LogP contribution in [-0.4, -0.2) is 5.51 Å². The molecule has 0 heterocycles. The van der Waals surface area contributed by atoms with E-state index < -0.39 is 17.1 Å². The third kappa shape index (κ3) is 4.35. The Morgan fingerprint density at radius 1 is 0.952 bits per heavy atom. The molecule has 0 aliphatic heterocycles. The first-order chi connectivity index (χ1) is 9.87. The number of thioether (sulfide) groups is 1. The number of hydrogen-bond donors (Lipinski definition) is 1. The highest BCUT2D eigenvalue weighted by Crippen LogP contribution is 2.40. The monoisotopic (exact) mass is 319 g/mol. The Labute approximate surface area is 122 Å². The maximum Gasteiger partial charge on any atom is 0.446 e. The molecule has 0 atom stereocenters. The van der Waals surface area contributed by atoms with Crippen LogP contribution in [0.3, 0.4) is 0 Å². The van der Waals surface area contributed by atoms with Gasteiger partial charge in [-0.05, 0) is 30.0 Å². The summed E-state index contributed by atoms with van der Waals surface area (Å²) in [5.74, 6) is -2.00. The molecule has 0 radical (unpaired) electrons. The lowest BCUT2D eigenvalue weighted by Crippen LogP contribution is -2.06. The Morgan fingerprint density at radius 2 is 1.67 bits per heavy atom. The molecule has 0 saturated heterocycles. The molecule has 0 spiro atoms. The van der Waals surface area contributed by atoms with Crippen LogP contribution in [0.1, 0.15) is 5.56 Å². The maximum absolute atomic E-state index is 13.5. The third-order valence-corrected chi connectivity index (χ3v) is 3.42. The predicted octanol–water partition coefficient (Wildman–Crippen LogP) is 5.19. The number of alkyl halides is 3. The van der Waals surface area contributed by atoms with Gasteiger partial charge in [0.2, 0.25) is 0 Å². The van der Waals surface area contributed by atoms with Gasteiger partial charge in [-0.2, -0.15) is 13.2 Å². The van der Waals surface area contributed by atoms with Crippen molar-refractivity contribution in [3.8, 4) is 0 Å². The first-order valence-corrected chi connectivity index (χ1v) is 6.70. The van der Waals surface area contributed by atoms with Crippen LogP contribution in [0, 0.1) is 11.6 Å². The minimum absolute atomic E-state index is 0.0261. The third-order valence-electron chi connectivity index (χ3n) is 2.61. The van der Waals surface area contributed by atoms with Crippen molar-refractivity contribution in [1.82, 2.24) is 0 Å². The van der Waals surface area contributed by atoms with Crippen molar-refractivity contribution in [3.63, 3.8) is 0 Å². The molecule has 1 nitrogen and oxygen atoms in total. The van der Waals surface area contributed by atoms with Crippen molar-refractivity contribution >= 4 is 17.4 Å². The smallest absolute Gasteiger partial charge is 0.380 e. The van der Waals surface area contributed by atoms with Gasteiger partial charge in [0.25, 0.3) is 0 Å². The molecule has 0 amide bonds. The number of anilines is 1. The highest BCUT2D eigenvalue weighted by Gasteiger charge is 2.30. The summed E-state index contributed by atoms with van der Waals surface area (Å²) < 4.78 is 63.8. The molecule has 0 unspecified atom stereocenters. The summed E-state index contributed by atoms with van der Waals surface area (Å²) >= 11 is -0.260. The van der Waals surface area contributed by atoms with Crippen molar-refractivity contribution in [2.24, 2.45) is 0 Å². The fourth-order valence-corrected chi connectivity index (χ4v) is 2.35. The Morgan fingerprint density at radius 3 is 2.38 bits per heavy atom. The summed E-state index contributed by atoms with van der Waals surface area (Å²) in [4.78, 5) is -0.0261. The molecule has 21 heavy (non-hydrogen) atoms. The van der Waals surface area contributed by atoms with Crippen molar-refractivity contribution < 1.29 is 22.0 Å². The van der Waals surface area contributed by atoms with Gasteiger partial charge in [0.1, 0.15) is 0 Å². The molecule has 2 aromatic rings. The van der Waals surface area contributed by atoms with Crippen molar-refractivity contribution in [2.45, 2.75) is 16.9 Å². The molecule has 2 aromatic carbocycles. The van der Waals surface area contributed by atoms with E-state index in [0.29, 0.717) is 0 Å². The van der Waals surface area contributed by atoms with Gasteiger partial charge in [0.15, 0.2) is 11.6 Å². The molecular weight excluding hydrogens is 309 g/mol. The van der Waals surface area contributed by atoms with Gasteiger partial charge in [0, 0.05) is 22.7 Å². The van der Waals surface area contributed by atoms with Gasteiger partial charge in [-0.1, -0.05) is 24.3 Å². The first-order valence-electron chi connectivity index (χ1n) is 5.88. The molecule has 7 heteroatoms. The fourth-order valence-electron chi connectivity index (χ4n) is 1.70. The lowest BCUT2D eigenvalue weighted by atomic mass is 10.2. The molecule has 0 aromatic heterocycles. The molecule has 0 bridgehead atoms.